The molecule has 2 amide bonds. The third-order valence-electron chi connectivity index (χ3n) is 1.93. The number of hydrogen-bond acceptors (Lipinski definition) is 4. The number of carbonyl (C=O) groups is 2. The van der Waals surface area contributed by atoms with Crippen LogP contribution in [0, 0.1) is 0 Å². The van der Waals surface area contributed by atoms with Gasteiger partial charge in [0.25, 0.3) is 0 Å². The molecule has 5 nitrogen and oxygen atoms in total. The van der Waals surface area contributed by atoms with Gasteiger partial charge in [0.2, 0.25) is 0 Å². The Morgan fingerprint density at radius 2 is 1.88 bits per heavy atom. The van der Waals surface area contributed by atoms with E-state index in [1.54, 1.807) is 11.8 Å². The SMILES string of the molecule is CNC(=O)C(=O)N/N=C\c1ccc(SC)cc1. The van der Waals surface area contributed by atoms with Crippen LogP contribution in [0.4, 0.5) is 0 Å². The highest BCUT2D eigenvalue weighted by Gasteiger charge is 2.08. The van der Waals surface area contributed by atoms with Gasteiger partial charge >= 0.3 is 11.8 Å². The van der Waals surface area contributed by atoms with Crippen molar-refractivity contribution in [3.05, 3.63) is 29.8 Å². The first-order valence-corrected chi connectivity index (χ1v) is 6.09. The maximum atomic E-state index is 11.0. The zero-order chi connectivity index (χ0) is 12.7. The molecule has 0 heterocycles. The quantitative estimate of drug-likeness (QED) is 0.358. The highest BCUT2D eigenvalue weighted by molar-refractivity contribution is 7.98. The molecule has 0 atom stereocenters. The second-order valence-electron chi connectivity index (χ2n) is 3.05. The van der Waals surface area contributed by atoms with E-state index in [-0.39, 0.29) is 0 Å². The van der Waals surface area contributed by atoms with Gasteiger partial charge in [0.15, 0.2) is 0 Å². The summed E-state index contributed by atoms with van der Waals surface area (Å²) in [6.45, 7) is 0. The summed E-state index contributed by atoms with van der Waals surface area (Å²) in [6.07, 6.45) is 3.47. The average molecular weight is 251 g/mol. The molecule has 6 heteroatoms. The smallest absolute Gasteiger partial charge is 0.329 e. The Morgan fingerprint density at radius 3 is 2.41 bits per heavy atom. The Kier molecular flexibility index (Phi) is 5.22. The zero-order valence-electron chi connectivity index (χ0n) is 9.56. The minimum absolute atomic E-state index is 0.722. The van der Waals surface area contributed by atoms with Crippen LogP contribution < -0.4 is 10.7 Å². The second kappa shape index (κ2) is 6.70. The number of amides is 2. The van der Waals surface area contributed by atoms with E-state index in [9.17, 15) is 9.59 Å². The summed E-state index contributed by atoms with van der Waals surface area (Å²) in [5.74, 6) is -1.51. The van der Waals surface area contributed by atoms with E-state index in [0.717, 1.165) is 10.5 Å². The van der Waals surface area contributed by atoms with E-state index in [1.807, 2.05) is 30.5 Å². The van der Waals surface area contributed by atoms with Gasteiger partial charge in [-0.1, -0.05) is 12.1 Å². The monoisotopic (exact) mass is 251 g/mol. The largest absolute Gasteiger partial charge is 0.351 e. The fourth-order valence-electron chi connectivity index (χ4n) is 1.02. The maximum absolute atomic E-state index is 11.0. The number of nitrogens with one attached hydrogen (secondary N) is 2. The number of hydrazone groups is 1. The van der Waals surface area contributed by atoms with Crippen LogP contribution in [0.25, 0.3) is 0 Å². The van der Waals surface area contributed by atoms with Crippen LogP contribution in [0.3, 0.4) is 0 Å². The van der Waals surface area contributed by atoms with E-state index in [1.165, 1.54) is 13.3 Å². The first-order chi connectivity index (χ1) is 8.17. The normalized spacial score (nSPS) is 10.2. The zero-order valence-corrected chi connectivity index (χ0v) is 10.4. The number of carbonyl (C=O) groups excluding carboxylic acids is 2. The molecule has 17 heavy (non-hydrogen) atoms. The second-order valence-corrected chi connectivity index (χ2v) is 3.93. The van der Waals surface area contributed by atoms with Crippen molar-refractivity contribution in [2.75, 3.05) is 13.3 Å². The molecule has 1 aromatic carbocycles. The van der Waals surface area contributed by atoms with Gasteiger partial charge in [-0.05, 0) is 24.0 Å². The van der Waals surface area contributed by atoms with Crippen LogP contribution in [0.5, 0.6) is 0 Å². The van der Waals surface area contributed by atoms with Crippen LogP contribution in [-0.4, -0.2) is 31.3 Å². The third-order valence-corrected chi connectivity index (χ3v) is 2.67. The molecule has 90 valence electrons. The Hall–Kier alpha value is -1.82. The molecular formula is C11H13N3O2S. The Balaban J connectivity index is 2.53. The Morgan fingerprint density at radius 1 is 1.24 bits per heavy atom. The molecule has 0 saturated heterocycles. The van der Waals surface area contributed by atoms with Gasteiger partial charge in [-0.3, -0.25) is 9.59 Å². The van der Waals surface area contributed by atoms with Crippen LogP contribution >= 0.6 is 11.8 Å². The molecule has 0 bridgehead atoms. The molecule has 0 spiro atoms. The molecule has 1 aromatic rings. The Bertz CT molecular complexity index is 429. The summed E-state index contributed by atoms with van der Waals surface area (Å²) in [7, 11) is 1.38. The minimum atomic E-state index is -0.788. The summed E-state index contributed by atoms with van der Waals surface area (Å²) in [6, 6.07) is 7.65. The highest BCUT2D eigenvalue weighted by Crippen LogP contribution is 2.13. The average Bonchev–Trinajstić information content (AvgIpc) is 2.38. The Labute approximate surface area is 104 Å². The topological polar surface area (TPSA) is 70.6 Å². The van der Waals surface area contributed by atoms with Crippen molar-refractivity contribution in [1.29, 1.82) is 0 Å². The van der Waals surface area contributed by atoms with Gasteiger partial charge in [-0.25, -0.2) is 5.43 Å². The molecule has 0 unspecified atom stereocenters. The van der Waals surface area contributed by atoms with Crippen LogP contribution in [0.2, 0.25) is 0 Å². The first-order valence-electron chi connectivity index (χ1n) is 4.86. The van der Waals surface area contributed by atoms with Crippen molar-refractivity contribution in [2.45, 2.75) is 4.90 Å². The number of thioether (sulfide) groups is 1. The van der Waals surface area contributed by atoms with E-state index >= 15 is 0 Å². The van der Waals surface area contributed by atoms with E-state index in [2.05, 4.69) is 15.8 Å². The summed E-state index contributed by atoms with van der Waals surface area (Å²) in [5.41, 5.74) is 2.97. The molecule has 0 aliphatic carbocycles. The van der Waals surface area contributed by atoms with Crippen LogP contribution in [-0.2, 0) is 9.59 Å². The number of rotatable bonds is 3. The summed E-state index contributed by atoms with van der Waals surface area (Å²) < 4.78 is 0. The lowest BCUT2D eigenvalue weighted by Gasteiger charge is -1.98. The van der Waals surface area contributed by atoms with Gasteiger partial charge in [0, 0.05) is 11.9 Å². The van der Waals surface area contributed by atoms with Crippen molar-refractivity contribution in [2.24, 2.45) is 5.10 Å². The van der Waals surface area contributed by atoms with Crippen molar-refractivity contribution in [3.63, 3.8) is 0 Å². The molecule has 0 aromatic heterocycles. The van der Waals surface area contributed by atoms with Crippen molar-refractivity contribution in [3.8, 4) is 0 Å². The predicted molar refractivity (Wildman–Crippen MR) is 68.0 cm³/mol. The molecule has 0 aliphatic heterocycles. The molecule has 0 radical (unpaired) electrons. The van der Waals surface area contributed by atoms with Crippen LogP contribution in [0.1, 0.15) is 5.56 Å². The highest BCUT2D eigenvalue weighted by atomic mass is 32.2. The summed E-state index contributed by atoms with van der Waals surface area (Å²) in [4.78, 5) is 23.0. The van der Waals surface area contributed by atoms with Gasteiger partial charge in [0.1, 0.15) is 0 Å². The van der Waals surface area contributed by atoms with Gasteiger partial charge in [0.05, 0.1) is 6.21 Å². The van der Waals surface area contributed by atoms with E-state index in [4.69, 9.17) is 0 Å². The van der Waals surface area contributed by atoms with Crippen molar-refractivity contribution in [1.82, 2.24) is 10.7 Å². The number of nitrogens with zero attached hydrogens (tertiary/aromatic N) is 1. The lowest BCUT2D eigenvalue weighted by atomic mass is 10.2. The maximum Gasteiger partial charge on any atom is 0.329 e. The predicted octanol–water partition coefficient (Wildman–Crippen LogP) is 0.605. The molecule has 2 N–H and O–H groups in total. The molecule has 1 rings (SSSR count). The lowest BCUT2D eigenvalue weighted by molar-refractivity contribution is -0.138. The third kappa shape index (κ3) is 4.28. The van der Waals surface area contributed by atoms with Gasteiger partial charge in [-0.15, -0.1) is 11.8 Å². The number of hydrogen-bond donors (Lipinski definition) is 2. The van der Waals surface area contributed by atoms with Gasteiger partial charge < -0.3 is 5.32 Å². The standard InChI is InChI=1S/C11H13N3O2S/c1-12-10(15)11(16)14-13-7-8-3-5-9(17-2)6-4-8/h3-7H,1-2H3,(H,12,15)(H,14,16)/b13-7-. The van der Waals surface area contributed by atoms with Crippen LogP contribution in [0.15, 0.2) is 34.3 Å². The molecule has 0 aliphatic rings. The van der Waals surface area contributed by atoms with Crippen molar-refractivity contribution < 1.29 is 9.59 Å². The fraction of sp³-hybridized carbons (Fsp3) is 0.182. The van der Waals surface area contributed by atoms with Gasteiger partial charge in [-0.2, -0.15) is 5.10 Å². The van der Waals surface area contributed by atoms with E-state index < -0.39 is 11.8 Å². The number of benzene rings is 1. The summed E-state index contributed by atoms with van der Waals surface area (Å²) >= 11 is 1.65. The van der Waals surface area contributed by atoms with E-state index in [0.29, 0.717) is 0 Å². The molecular weight excluding hydrogens is 238 g/mol. The minimum Gasteiger partial charge on any atom is -0.351 e. The molecule has 0 fully saturated rings. The first kappa shape index (κ1) is 13.2. The van der Waals surface area contributed by atoms with Crippen molar-refractivity contribution >= 4 is 29.8 Å². The fourth-order valence-corrected chi connectivity index (χ4v) is 1.43. The molecule has 0 saturated carbocycles. The lowest BCUT2D eigenvalue weighted by Crippen LogP contribution is -2.35. The number of likely N-dealkylation sites (N-methyl/N-ethyl adjacent to an activating group) is 1. The summed E-state index contributed by atoms with van der Waals surface area (Å²) in [5, 5.41) is 5.87.